The van der Waals surface area contributed by atoms with Gasteiger partial charge in [-0.1, -0.05) is 51.4 Å². The number of aromatic nitrogens is 3. The summed E-state index contributed by atoms with van der Waals surface area (Å²) < 4.78 is 2.94. The van der Waals surface area contributed by atoms with E-state index in [0.717, 1.165) is 16.0 Å². The van der Waals surface area contributed by atoms with Crippen molar-refractivity contribution in [3.8, 4) is 5.69 Å². The van der Waals surface area contributed by atoms with E-state index in [1.54, 1.807) is 0 Å². The van der Waals surface area contributed by atoms with Crippen molar-refractivity contribution in [1.29, 1.82) is 0 Å². The second kappa shape index (κ2) is 9.43. The Kier molecular flexibility index (Phi) is 7.16. The molecule has 5 nitrogen and oxygen atoms in total. The van der Waals surface area contributed by atoms with E-state index in [4.69, 9.17) is 11.6 Å². The van der Waals surface area contributed by atoms with Gasteiger partial charge in [0.15, 0.2) is 16.8 Å². The monoisotopic (exact) mass is 492 g/mol. The largest absolute Gasteiger partial charge is 0.300 e. The van der Waals surface area contributed by atoms with Crippen LogP contribution in [0, 0.1) is 0 Å². The number of halogens is 2. The van der Waals surface area contributed by atoms with Crippen LogP contribution in [-0.2, 0) is 0 Å². The van der Waals surface area contributed by atoms with Crippen LogP contribution in [0.15, 0.2) is 58.2 Å². The number of rotatable bonds is 7. The molecular weight excluding hydrogens is 472 g/mol. The predicted molar refractivity (Wildman–Crippen MR) is 122 cm³/mol. The van der Waals surface area contributed by atoms with Crippen molar-refractivity contribution in [2.45, 2.75) is 30.3 Å². The number of carbonyl (C=O) groups excluding carboxylic acids is 1. The maximum atomic E-state index is 12.9. The van der Waals surface area contributed by atoms with Crippen molar-refractivity contribution in [2.75, 3.05) is 14.1 Å². The number of carbonyl (C=O) groups is 1. The standard InChI is InChI=1S/C21H22BrClN4OS/c1-13(26(3)4)20-24-25-21(27(20)18-11-9-17(23)10-12-18)29-14(2)19(28)15-5-7-16(22)8-6-15/h5-14H,1-4H3. The molecule has 8 heteroatoms. The van der Waals surface area contributed by atoms with Crippen molar-refractivity contribution in [3.05, 3.63) is 69.4 Å². The third-order valence-corrected chi connectivity index (χ3v) is 6.49. The fourth-order valence-corrected chi connectivity index (χ4v) is 4.09. The molecule has 2 aromatic carbocycles. The number of nitrogens with zero attached hydrogens (tertiary/aromatic N) is 4. The Morgan fingerprint density at radius 3 is 2.28 bits per heavy atom. The Hall–Kier alpha value is -1.67. The minimum atomic E-state index is -0.311. The predicted octanol–water partition coefficient (Wildman–Crippen LogP) is 5.67. The quantitative estimate of drug-likeness (QED) is 0.313. The SMILES string of the molecule is CC(Sc1nnc(C(C)N(C)C)n1-c1ccc(Cl)cc1)C(=O)c1ccc(Br)cc1. The smallest absolute Gasteiger partial charge is 0.196 e. The highest BCUT2D eigenvalue weighted by molar-refractivity contribution is 9.10. The zero-order chi connectivity index (χ0) is 21.1. The van der Waals surface area contributed by atoms with Gasteiger partial charge in [0.1, 0.15) is 0 Å². The molecule has 0 saturated carbocycles. The highest BCUT2D eigenvalue weighted by atomic mass is 79.9. The number of Topliss-reactive ketones (excluding diaryl/α,β-unsaturated/α-hetero) is 1. The number of ketones is 1. The molecule has 29 heavy (non-hydrogen) atoms. The fourth-order valence-electron chi connectivity index (χ4n) is 2.75. The van der Waals surface area contributed by atoms with Gasteiger partial charge < -0.3 is 0 Å². The van der Waals surface area contributed by atoms with E-state index in [-0.39, 0.29) is 17.1 Å². The summed E-state index contributed by atoms with van der Waals surface area (Å²) in [6, 6.07) is 15.0. The van der Waals surface area contributed by atoms with E-state index < -0.39 is 0 Å². The lowest BCUT2D eigenvalue weighted by Gasteiger charge is -2.21. The lowest BCUT2D eigenvalue weighted by molar-refractivity contribution is 0.0994. The van der Waals surface area contributed by atoms with Crippen molar-refractivity contribution >= 4 is 45.1 Å². The van der Waals surface area contributed by atoms with Crippen LogP contribution in [0.1, 0.15) is 36.1 Å². The summed E-state index contributed by atoms with van der Waals surface area (Å²) in [4.78, 5) is 15.0. The van der Waals surface area contributed by atoms with Gasteiger partial charge >= 0.3 is 0 Å². The van der Waals surface area contributed by atoms with E-state index in [2.05, 4.69) is 38.0 Å². The lowest BCUT2D eigenvalue weighted by atomic mass is 10.1. The van der Waals surface area contributed by atoms with Crippen LogP contribution in [0.5, 0.6) is 0 Å². The Bertz CT molecular complexity index is 989. The number of hydrogen-bond acceptors (Lipinski definition) is 5. The van der Waals surface area contributed by atoms with Gasteiger partial charge in [0.25, 0.3) is 0 Å². The second-order valence-electron chi connectivity index (χ2n) is 6.92. The van der Waals surface area contributed by atoms with Crippen molar-refractivity contribution < 1.29 is 4.79 Å². The molecule has 0 aliphatic heterocycles. The molecule has 0 N–H and O–H groups in total. The summed E-state index contributed by atoms with van der Waals surface area (Å²) in [5.74, 6) is 0.860. The summed E-state index contributed by atoms with van der Waals surface area (Å²) >= 11 is 10.9. The van der Waals surface area contributed by atoms with Crippen LogP contribution in [0.25, 0.3) is 5.69 Å². The highest BCUT2D eigenvalue weighted by Gasteiger charge is 2.24. The zero-order valence-electron chi connectivity index (χ0n) is 16.6. The van der Waals surface area contributed by atoms with E-state index in [1.807, 2.05) is 74.1 Å². The van der Waals surface area contributed by atoms with Gasteiger partial charge in [-0.2, -0.15) is 0 Å². The number of benzene rings is 2. The maximum Gasteiger partial charge on any atom is 0.196 e. The highest BCUT2D eigenvalue weighted by Crippen LogP contribution is 2.31. The Balaban J connectivity index is 1.95. The molecule has 0 spiro atoms. The van der Waals surface area contributed by atoms with E-state index >= 15 is 0 Å². The molecule has 152 valence electrons. The minimum Gasteiger partial charge on any atom is -0.300 e. The van der Waals surface area contributed by atoms with Gasteiger partial charge in [0.05, 0.1) is 11.3 Å². The summed E-state index contributed by atoms with van der Waals surface area (Å²) in [7, 11) is 4.00. The number of thioether (sulfide) groups is 1. The first kappa shape index (κ1) is 22.0. The van der Waals surface area contributed by atoms with Crippen molar-refractivity contribution in [2.24, 2.45) is 0 Å². The second-order valence-corrected chi connectivity index (χ2v) is 9.58. The molecule has 2 unspecified atom stereocenters. The molecule has 1 aromatic heterocycles. The summed E-state index contributed by atoms with van der Waals surface area (Å²) in [6.07, 6.45) is 0. The average Bonchev–Trinajstić information content (AvgIpc) is 3.11. The first-order valence-electron chi connectivity index (χ1n) is 9.12. The van der Waals surface area contributed by atoms with Gasteiger partial charge in [0.2, 0.25) is 0 Å². The molecule has 0 saturated heterocycles. The van der Waals surface area contributed by atoms with E-state index in [9.17, 15) is 4.79 Å². The van der Waals surface area contributed by atoms with Gasteiger partial charge in [-0.3, -0.25) is 14.3 Å². The summed E-state index contributed by atoms with van der Waals surface area (Å²) in [5.41, 5.74) is 1.58. The average molecular weight is 494 g/mol. The Morgan fingerprint density at radius 1 is 1.07 bits per heavy atom. The zero-order valence-corrected chi connectivity index (χ0v) is 19.8. The summed E-state index contributed by atoms with van der Waals surface area (Å²) in [5, 5.41) is 9.87. The van der Waals surface area contributed by atoms with Crippen molar-refractivity contribution in [1.82, 2.24) is 19.7 Å². The van der Waals surface area contributed by atoms with Gasteiger partial charge in [-0.25, -0.2) is 0 Å². The third kappa shape index (κ3) is 5.09. The van der Waals surface area contributed by atoms with Crippen LogP contribution in [0.4, 0.5) is 0 Å². The van der Waals surface area contributed by atoms with Crippen LogP contribution in [-0.4, -0.2) is 44.8 Å². The molecule has 0 aliphatic carbocycles. The van der Waals surface area contributed by atoms with Crippen LogP contribution >= 0.6 is 39.3 Å². The Labute approximate surface area is 188 Å². The summed E-state index contributed by atoms with van der Waals surface area (Å²) in [6.45, 7) is 3.96. The molecule has 0 fully saturated rings. The van der Waals surface area contributed by atoms with Gasteiger partial charge in [0, 0.05) is 20.7 Å². The minimum absolute atomic E-state index is 0.0463. The first-order chi connectivity index (χ1) is 13.8. The maximum absolute atomic E-state index is 12.9. The molecular formula is C21H22BrClN4OS. The molecule has 1 heterocycles. The van der Waals surface area contributed by atoms with Gasteiger partial charge in [-0.05, 0) is 64.3 Å². The Morgan fingerprint density at radius 2 is 1.69 bits per heavy atom. The molecule has 2 atom stereocenters. The molecule has 0 bridgehead atoms. The van der Waals surface area contributed by atoms with Crippen LogP contribution in [0.3, 0.4) is 0 Å². The molecule has 0 aliphatic rings. The number of hydrogen-bond donors (Lipinski definition) is 0. The van der Waals surface area contributed by atoms with Crippen LogP contribution in [0.2, 0.25) is 5.02 Å². The topological polar surface area (TPSA) is 51.0 Å². The first-order valence-corrected chi connectivity index (χ1v) is 11.2. The van der Waals surface area contributed by atoms with Crippen molar-refractivity contribution in [3.63, 3.8) is 0 Å². The lowest BCUT2D eigenvalue weighted by Crippen LogP contribution is -2.21. The third-order valence-electron chi connectivity index (χ3n) is 4.67. The molecule has 3 rings (SSSR count). The molecule has 0 radical (unpaired) electrons. The normalized spacial score (nSPS) is 13.5. The fraction of sp³-hybridized carbons (Fsp3) is 0.286. The molecule has 3 aromatic rings. The van der Waals surface area contributed by atoms with E-state index in [0.29, 0.717) is 15.7 Å². The van der Waals surface area contributed by atoms with Gasteiger partial charge in [-0.15, -0.1) is 10.2 Å². The van der Waals surface area contributed by atoms with Crippen LogP contribution < -0.4 is 0 Å². The molecule has 0 amide bonds. The van der Waals surface area contributed by atoms with E-state index in [1.165, 1.54) is 11.8 Å².